The standard InChI is InChI=1S/C18H26N4O3/c1-19-11-5-8-13-7-4-9-14-16(13)21(3)18(25)22(14)15(10-6-12-23)17(24)20-2/h4,7,9,12,15,19H,5-6,8,10-11H2,1-3H3,(H,20,24). The van der Waals surface area contributed by atoms with E-state index in [2.05, 4.69) is 10.6 Å². The second-order valence-corrected chi connectivity index (χ2v) is 6.08. The van der Waals surface area contributed by atoms with E-state index in [9.17, 15) is 14.4 Å². The number of para-hydroxylation sites is 1. The molecule has 2 N–H and O–H groups in total. The van der Waals surface area contributed by atoms with Crippen molar-refractivity contribution in [3.05, 3.63) is 34.2 Å². The van der Waals surface area contributed by atoms with Gasteiger partial charge in [-0.1, -0.05) is 12.1 Å². The summed E-state index contributed by atoms with van der Waals surface area (Å²) in [5.74, 6) is -0.267. The molecular formula is C18H26N4O3. The molecule has 1 amide bonds. The number of imidazole rings is 1. The van der Waals surface area contributed by atoms with E-state index in [0.29, 0.717) is 6.42 Å². The molecule has 25 heavy (non-hydrogen) atoms. The van der Waals surface area contributed by atoms with Crippen LogP contribution < -0.4 is 16.3 Å². The van der Waals surface area contributed by atoms with Crippen molar-refractivity contribution in [1.29, 1.82) is 0 Å². The number of nitrogens with zero attached hydrogens (tertiary/aromatic N) is 2. The second-order valence-electron chi connectivity index (χ2n) is 6.08. The summed E-state index contributed by atoms with van der Waals surface area (Å²) in [6.07, 6.45) is 3.09. The van der Waals surface area contributed by atoms with E-state index in [1.807, 2.05) is 25.2 Å². The third-order valence-corrected chi connectivity index (χ3v) is 4.48. The van der Waals surface area contributed by atoms with Crippen LogP contribution in [0.15, 0.2) is 23.0 Å². The maximum Gasteiger partial charge on any atom is 0.329 e. The van der Waals surface area contributed by atoms with Crippen molar-refractivity contribution in [2.24, 2.45) is 7.05 Å². The molecule has 1 atom stereocenters. The van der Waals surface area contributed by atoms with Crippen molar-refractivity contribution in [1.82, 2.24) is 19.8 Å². The second kappa shape index (κ2) is 8.62. The fraction of sp³-hybridized carbons (Fsp3) is 0.500. The minimum atomic E-state index is -0.695. The first-order valence-corrected chi connectivity index (χ1v) is 8.55. The molecule has 0 spiro atoms. The topological polar surface area (TPSA) is 85.1 Å². The molecule has 0 fully saturated rings. The van der Waals surface area contributed by atoms with Crippen molar-refractivity contribution in [3.63, 3.8) is 0 Å². The monoisotopic (exact) mass is 346 g/mol. The molecule has 136 valence electrons. The Morgan fingerprint density at radius 1 is 1.32 bits per heavy atom. The van der Waals surface area contributed by atoms with E-state index in [4.69, 9.17) is 0 Å². The van der Waals surface area contributed by atoms with Gasteiger partial charge in [0.2, 0.25) is 5.91 Å². The fourth-order valence-electron chi connectivity index (χ4n) is 3.25. The summed E-state index contributed by atoms with van der Waals surface area (Å²) in [6, 6.07) is 5.09. The van der Waals surface area contributed by atoms with E-state index >= 15 is 0 Å². The zero-order valence-corrected chi connectivity index (χ0v) is 15.0. The molecule has 7 nitrogen and oxygen atoms in total. The zero-order chi connectivity index (χ0) is 18.4. The zero-order valence-electron chi connectivity index (χ0n) is 15.0. The number of benzene rings is 1. The number of hydrogen-bond donors (Lipinski definition) is 2. The van der Waals surface area contributed by atoms with Crippen LogP contribution in [0.25, 0.3) is 11.0 Å². The molecule has 0 aliphatic carbocycles. The highest BCUT2D eigenvalue weighted by molar-refractivity contribution is 5.85. The quantitative estimate of drug-likeness (QED) is 0.518. The van der Waals surface area contributed by atoms with Gasteiger partial charge >= 0.3 is 5.69 Å². The number of aldehydes is 1. The van der Waals surface area contributed by atoms with Crippen LogP contribution >= 0.6 is 0 Å². The number of rotatable bonds is 9. The van der Waals surface area contributed by atoms with Gasteiger partial charge in [0.05, 0.1) is 11.0 Å². The van der Waals surface area contributed by atoms with E-state index in [1.165, 1.54) is 11.6 Å². The third-order valence-electron chi connectivity index (χ3n) is 4.48. The average molecular weight is 346 g/mol. The molecular weight excluding hydrogens is 320 g/mol. The first kappa shape index (κ1) is 18.9. The minimum Gasteiger partial charge on any atom is -0.357 e. The molecule has 1 unspecified atom stereocenters. The van der Waals surface area contributed by atoms with Crippen molar-refractivity contribution in [2.75, 3.05) is 20.6 Å². The fourth-order valence-corrected chi connectivity index (χ4v) is 3.25. The largest absolute Gasteiger partial charge is 0.357 e. The lowest BCUT2D eigenvalue weighted by Crippen LogP contribution is -2.36. The van der Waals surface area contributed by atoms with Crippen molar-refractivity contribution in [3.8, 4) is 0 Å². The van der Waals surface area contributed by atoms with E-state index in [-0.39, 0.29) is 18.0 Å². The Morgan fingerprint density at radius 2 is 2.08 bits per heavy atom. The number of carbonyl (C=O) groups is 2. The number of nitrogens with one attached hydrogen (secondary N) is 2. The van der Waals surface area contributed by atoms with Gasteiger partial charge in [-0.2, -0.15) is 0 Å². The molecule has 0 saturated carbocycles. The normalized spacial score (nSPS) is 12.3. The van der Waals surface area contributed by atoms with Gasteiger partial charge in [-0.15, -0.1) is 0 Å². The smallest absolute Gasteiger partial charge is 0.329 e. The van der Waals surface area contributed by atoms with Gasteiger partial charge in [0.25, 0.3) is 0 Å². The Labute approximate surface area is 147 Å². The predicted octanol–water partition coefficient (Wildman–Crippen LogP) is 0.758. The number of likely N-dealkylation sites (N-methyl/N-ethyl adjacent to an activating group) is 1. The van der Waals surface area contributed by atoms with E-state index in [1.54, 1.807) is 11.6 Å². The van der Waals surface area contributed by atoms with Crippen LogP contribution in [0.4, 0.5) is 0 Å². The summed E-state index contributed by atoms with van der Waals surface area (Å²) in [6.45, 7) is 0.894. The lowest BCUT2D eigenvalue weighted by atomic mass is 10.1. The van der Waals surface area contributed by atoms with E-state index in [0.717, 1.165) is 42.3 Å². The van der Waals surface area contributed by atoms with Gasteiger partial charge in [-0.3, -0.25) is 13.9 Å². The Bertz CT molecular complexity index is 806. The van der Waals surface area contributed by atoms with E-state index < -0.39 is 6.04 Å². The molecule has 0 bridgehead atoms. The number of hydrogen-bond acceptors (Lipinski definition) is 4. The van der Waals surface area contributed by atoms with Crippen LogP contribution in [0.1, 0.15) is 30.9 Å². The summed E-state index contributed by atoms with van der Waals surface area (Å²) in [4.78, 5) is 35.9. The van der Waals surface area contributed by atoms with Gasteiger partial charge in [0.1, 0.15) is 12.3 Å². The predicted molar refractivity (Wildman–Crippen MR) is 97.8 cm³/mol. The molecule has 2 rings (SSSR count). The maximum absolute atomic E-state index is 12.8. The highest BCUT2D eigenvalue weighted by Crippen LogP contribution is 2.23. The minimum absolute atomic E-state index is 0.225. The lowest BCUT2D eigenvalue weighted by molar-refractivity contribution is -0.124. The Hall–Kier alpha value is -2.41. The van der Waals surface area contributed by atoms with Crippen molar-refractivity contribution in [2.45, 2.75) is 31.7 Å². The average Bonchev–Trinajstić information content (AvgIpc) is 2.87. The molecule has 0 radical (unpaired) electrons. The lowest BCUT2D eigenvalue weighted by Gasteiger charge is -2.16. The number of amides is 1. The Morgan fingerprint density at radius 3 is 2.72 bits per heavy atom. The first-order chi connectivity index (χ1) is 12.1. The van der Waals surface area contributed by atoms with Gasteiger partial charge in [-0.25, -0.2) is 4.79 Å². The Kier molecular flexibility index (Phi) is 6.52. The van der Waals surface area contributed by atoms with Crippen molar-refractivity contribution < 1.29 is 9.59 Å². The van der Waals surface area contributed by atoms with Crippen LogP contribution in [0.2, 0.25) is 0 Å². The first-order valence-electron chi connectivity index (χ1n) is 8.55. The summed E-state index contributed by atoms with van der Waals surface area (Å²) >= 11 is 0. The number of aromatic nitrogens is 2. The molecule has 1 aromatic heterocycles. The van der Waals surface area contributed by atoms with Crippen LogP contribution in [-0.4, -0.2) is 42.0 Å². The van der Waals surface area contributed by atoms with Gasteiger partial charge in [0, 0.05) is 20.5 Å². The molecule has 7 heteroatoms. The molecule has 1 aromatic carbocycles. The summed E-state index contributed by atoms with van der Waals surface area (Å²) < 4.78 is 3.11. The van der Waals surface area contributed by atoms with Gasteiger partial charge < -0.3 is 15.4 Å². The highest BCUT2D eigenvalue weighted by atomic mass is 16.2. The highest BCUT2D eigenvalue weighted by Gasteiger charge is 2.25. The maximum atomic E-state index is 12.8. The molecule has 2 aromatic rings. The summed E-state index contributed by atoms with van der Waals surface area (Å²) in [5.41, 5.74) is 2.42. The number of aryl methyl sites for hydroxylation is 2. The van der Waals surface area contributed by atoms with Crippen LogP contribution in [0, 0.1) is 0 Å². The van der Waals surface area contributed by atoms with Gasteiger partial charge in [0.15, 0.2) is 0 Å². The van der Waals surface area contributed by atoms with Crippen molar-refractivity contribution >= 4 is 23.2 Å². The number of fused-ring (bicyclic) bond motifs is 1. The van der Waals surface area contributed by atoms with Crippen LogP contribution in [-0.2, 0) is 23.1 Å². The third kappa shape index (κ3) is 3.82. The molecule has 0 aliphatic heterocycles. The van der Waals surface area contributed by atoms with Gasteiger partial charge in [-0.05, 0) is 44.5 Å². The SMILES string of the molecule is CNCCCc1cccc2c1n(C)c(=O)n2C(CCC=O)C(=O)NC. The van der Waals surface area contributed by atoms with Crippen LogP contribution in [0.3, 0.4) is 0 Å². The molecule has 0 saturated heterocycles. The summed E-state index contributed by atoms with van der Waals surface area (Å²) in [7, 11) is 5.17. The van der Waals surface area contributed by atoms with Crippen LogP contribution in [0.5, 0.6) is 0 Å². The Balaban J connectivity index is 2.58. The molecule has 1 heterocycles. The molecule has 0 aliphatic rings. The summed E-state index contributed by atoms with van der Waals surface area (Å²) in [5, 5.41) is 5.72. The number of carbonyl (C=O) groups excluding carboxylic acids is 2.